The van der Waals surface area contributed by atoms with Crippen molar-refractivity contribution in [3.05, 3.63) is 34.1 Å². The van der Waals surface area contributed by atoms with Crippen LogP contribution in [0.3, 0.4) is 0 Å². The molecule has 0 saturated carbocycles. The molecule has 0 atom stereocenters. The number of nitrogens with zero attached hydrogens (tertiary/aromatic N) is 2. The van der Waals surface area contributed by atoms with Gasteiger partial charge in [-0.15, -0.1) is 0 Å². The van der Waals surface area contributed by atoms with Gasteiger partial charge in [-0.25, -0.2) is 0 Å². The van der Waals surface area contributed by atoms with E-state index < -0.39 is 12.9 Å². The number of hydrogen-bond donors (Lipinski definition) is 2. The third-order valence-corrected chi connectivity index (χ3v) is 6.51. The molecule has 5 nitrogen and oxygen atoms in total. The molecule has 3 rings (SSSR count). The first kappa shape index (κ1) is 18.2. The summed E-state index contributed by atoms with van der Waals surface area (Å²) in [5, 5.41) is 8.64. The molecule has 1 aromatic carbocycles. The van der Waals surface area contributed by atoms with Crippen molar-refractivity contribution in [2.75, 3.05) is 18.0 Å². The summed E-state index contributed by atoms with van der Waals surface area (Å²) in [5.74, 6) is 0. The Morgan fingerprint density at radius 2 is 1.64 bits per heavy atom. The summed E-state index contributed by atoms with van der Waals surface area (Å²) in [6.45, 7) is 10.9. The summed E-state index contributed by atoms with van der Waals surface area (Å²) in [5.41, 5.74) is 4.37. The van der Waals surface area contributed by atoms with Gasteiger partial charge in [0.05, 0.1) is 0 Å². The molecule has 0 aromatic heterocycles. The maximum atomic E-state index is 11.5. The Balaban J connectivity index is 2.28. The van der Waals surface area contributed by atoms with E-state index in [0.29, 0.717) is 5.56 Å². The van der Waals surface area contributed by atoms with Crippen LogP contribution < -0.4 is 4.90 Å². The molecule has 0 aliphatic carbocycles. The number of anilines is 1. The summed E-state index contributed by atoms with van der Waals surface area (Å²) < 4.78 is 11.5. The van der Waals surface area contributed by atoms with Crippen LogP contribution in [-0.4, -0.2) is 22.9 Å². The van der Waals surface area contributed by atoms with E-state index in [1.807, 2.05) is 12.1 Å². The van der Waals surface area contributed by atoms with Crippen LogP contribution in [0, 0.1) is 11.3 Å². The number of nitriles is 1. The Labute approximate surface area is 149 Å². The van der Waals surface area contributed by atoms with Crippen molar-refractivity contribution in [3.8, 4) is 6.07 Å². The predicted molar refractivity (Wildman–Crippen MR) is 99.6 cm³/mol. The lowest BCUT2D eigenvalue weighted by Crippen LogP contribution is -2.44. The SMILES string of the molecule is CC1(C)CCN2CCC(C)(C)c3cc(/C=C(\C#N)P(=O)(O)O)cc1c32. The molecular formula is C19H25N2O3P. The number of hydrogen-bond acceptors (Lipinski definition) is 3. The third kappa shape index (κ3) is 3.15. The lowest BCUT2D eigenvalue weighted by atomic mass is 9.69. The molecule has 2 aliphatic rings. The molecule has 0 amide bonds. The van der Waals surface area contributed by atoms with Crippen molar-refractivity contribution in [1.29, 1.82) is 5.26 Å². The van der Waals surface area contributed by atoms with Gasteiger partial charge in [0, 0.05) is 18.8 Å². The lowest BCUT2D eigenvalue weighted by Gasteiger charge is -2.48. The number of rotatable bonds is 2. The molecule has 0 radical (unpaired) electrons. The van der Waals surface area contributed by atoms with Crippen molar-refractivity contribution in [2.45, 2.75) is 51.4 Å². The van der Waals surface area contributed by atoms with E-state index in [0.717, 1.165) is 25.9 Å². The maximum absolute atomic E-state index is 11.5. The minimum atomic E-state index is -4.57. The largest absolute Gasteiger partial charge is 0.371 e. The zero-order valence-electron chi connectivity index (χ0n) is 15.2. The Morgan fingerprint density at radius 3 is 2.04 bits per heavy atom. The molecule has 0 bridgehead atoms. The number of allylic oxidation sites excluding steroid dienone is 1. The molecule has 2 heterocycles. The van der Waals surface area contributed by atoms with E-state index in [1.165, 1.54) is 22.9 Å². The van der Waals surface area contributed by atoms with Crippen LogP contribution >= 0.6 is 7.60 Å². The van der Waals surface area contributed by atoms with E-state index in [9.17, 15) is 14.4 Å². The number of benzene rings is 1. The minimum Gasteiger partial charge on any atom is -0.371 e. The Bertz CT molecular complexity index is 802. The van der Waals surface area contributed by atoms with Crippen molar-refractivity contribution in [1.82, 2.24) is 0 Å². The van der Waals surface area contributed by atoms with Crippen LogP contribution in [0.25, 0.3) is 6.08 Å². The van der Waals surface area contributed by atoms with E-state index in [4.69, 9.17) is 5.26 Å². The first-order chi connectivity index (χ1) is 11.5. The van der Waals surface area contributed by atoms with Crippen molar-refractivity contribution < 1.29 is 14.4 Å². The van der Waals surface area contributed by atoms with Gasteiger partial charge < -0.3 is 14.7 Å². The summed E-state index contributed by atoms with van der Waals surface area (Å²) in [6.07, 6.45) is 3.42. The van der Waals surface area contributed by atoms with E-state index in [2.05, 4.69) is 32.6 Å². The second-order valence-electron chi connectivity index (χ2n) is 8.40. The predicted octanol–water partition coefficient (Wildman–Crippen LogP) is 3.90. The van der Waals surface area contributed by atoms with Crippen LogP contribution in [0.1, 0.15) is 57.2 Å². The van der Waals surface area contributed by atoms with Gasteiger partial charge >= 0.3 is 7.60 Å². The van der Waals surface area contributed by atoms with Gasteiger partial charge in [0.25, 0.3) is 0 Å². The summed E-state index contributed by atoms with van der Waals surface area (Å²) in [4.78, 5) is 21.2. The van der Waals surface area contributed by atoms with E-state index in [1.54, 1.807) is 6.07 Å². The molecule has 25 heavy (non-hydrogen) atoms. The zero-order valence-corrected chi connectivity index (χ0v) is 16.1. The summed E-state index contributed by atoms with van der Waals surface area (Å²) in [7, 11) is -4.57. The lowest BCUT2D eigenvalue weighted by molar-refractivity contribution is 0.384. The van der Waals surface area contributed by atoms with Gasteiger partial charge in [-0.05, 0) is 58.6 Å². The Kier molecular flexibility index (Phi) is 4.15. The quantitative estimate of drug-likeness (QED) is 0.617. The molecule has 0 unspecified atom stereocenters. The molecule has 0 fully saturated rings. The minimum absolute atomic E-state index is 0.00716. The smallest absolute Gasteiger partial charge is 0.366 e. The Morgan fingerprint density at radius 1 is 1.16 bits per heavy atom. The molecular weight excluding hydrogens is 335 g/mol. The summed E-state index contributed by atoms with van der Waals surface area (Å²) in [6, 6.07) is 5.66. The molecule has 2 N–H and O–H groups in total. The fourth-order valence-electron chi connectivity index (χ4n) is 3.89. The molecule has 134 valence electrons. The van der Waals surface area contributed by atoms with Crippen molar-refractivity contribution in [3.63, 3.8) is 0 Å². The first-order valence-electron chi connectivity index (χ1n) is 8.58. The van der Waals surface area contributed by atoms with Gasteiger partial charge in [-0.2, -0.15) is 5.26 Å². The third-order valence-electron chi connectivity index (χ3n) is 5.65. The van der Waals surface area contributed by atoms with Gasteiger partial charge in [-0.1, -0.05) is 27.7 Å². The highest BCUT2D eigenvalue weighted by Gasteiger charge is 2.40. The second kappa shape index (κ2) is 5.71. The van der Waals surface area contributed by atoms with Gasteiger partial charge in [0.1, 0.15) is 11.4 Å². The van der Waals surface area contributed by atoms with Gasteiger partial charge in [-0.3, -0.25) is 4.57 Å². The molecule has 6 heteroatoms. The zero-order chi connectivity index (χ0) is 18.6. The first-order valence-corrected chi connectivity index (χ1v) is 10.2. The normalized spacial score (nSPS) is 21.5. The highest BCUT2D eigenvalue weighted by atomic mass is 31.2. The highest BCUT2D eigenvalue weighted by molar-refractivity contribution is 7.57. The molecule has 1 aromatic rings. The van der Waals surface area contributed by atoms with Crippen LogP contribution in [0.4, 0.5) is 5.69 Å². The van der Waals surface area contributed by atoms with Crippen LogP contribution in [0.5, 0.6) is 0 Å². The fourth-order valence-corrected chi connectivity index (χ4v) is 4.33. The molecule has 0 spiro atoms. The average Bonchev–Trinajstić information content (AvgIpc) is 2.49. The maximum Gasteiger partial charge on any atom is 0.366 e. The highest BCUT2D eigenvalue weighted by Crippen LogP contribution is 2.50. The second-order valence-corrected chi connectivity index (χ2v) is 9.97. The Hall–Kier alpha value is -1.60. The monoisotopic (exact) mass is 360 g/mol. The standard InChI is InChI=1S/C19H25N2O3P/c1-18(2)5-7-21-8-6-19(3,4)16-11-13(10-15(18)17(16)21)9-14(12-20)25(22,23)24/h9-11H,5-8H2,1-4H3,(H2,22,23,24)/b14-9+. The van der Waals surface area contributed by atoms with Crippen molar-refractivity contribution in [2.24, 2.45) is 0 Å². The van der Waals surface area contributed by atoms with Crippen LogP contribution in [-0.2, 0) is 15.4 Å². The molecule has 2 aliphatic heterocycles. The van der Waals surface area contributed by atoms with Gasteiger partial charge in [0.2, 0.25) is 0 Å². The average molecular weight is 360 g/mol. The van der Waals surface area contributed by atoms with Gasteiger partial charge in [0.15, 0.2) is 0 Å². The van der Waals surface area contributed by atoms with E-state index in [-0.39, 0.29) is 10.8 Å². The van der Waals surface area contributed by atoms with E-state index >= 15 is 0 Å². The topological polar surface area (TPSA) is 84.6 Å². The van der Waals surface area contributed by atoms with Crippen molar-refractivity contribution >= 4 is 19.4 Å². The van der Waals surface area contributed by atoms with Crippen LogP contribution in [0.15, 0.2) is 17.4 Å². The van der Waals surface area contributed by atoms with Crippen LogP contribution in [0.2, 0.25) is 0 Å². The summed E-state index contributed by atoms with van der Waals surface area (Å²) >= 11 is 0. The fraction of sp³-hybridized carbons (Fsp3) is 0.526. The molecule has 0 saturated heterocycles.